The van der Waals surface area contributed by atoms with E-state index >= 15 is 0 Å². The monoisotopic (exact) mass is 389 g/mol. The molecule has 0 heterocycles. The van der Waals surface area contributed by atoms with Crippen LogP contribution in [0.4, 0.5) is 24.5 Å². The number of benzene rings is 1. The van der Waals surface area contributed by atoms with Gasteiger partial charge in [-0.1, -0.05) is 6.92 Å². The summed E-state index contributed by atoms with van der Waals surface area (Å²) in [5.41, 5.74) is 5.39. The van der Waals surface area contributed by atoms with Crippen LogP contribution < -0.4 is 16.4 Å². The lowest BCUT2D eigenvalue weighted by atomic mass is 10.1. The molecule has 0 saturated carbocycles. The third-order valence-electron chi connectivity index (χ3n) is 3.01. The van der Waals surface area contributed by atoms with Gasteiger partial charge in [0.15, 0.2) is 0 Å². The lowest BCUT2D eigenvalue weighted by molar-refractivity contribution is -0.137. The molecule has 0 radical (unpaired) electrons. The zero-order valence-electron chi connectivity index (χ0n) is 13.6. The van der Waals surface area contributed by atoms with Gasteiger partial charge in [0.1, 0.15) is 0 Å². The number of amides is 1. The Morgan fingerprint density at radius 1 is 1.25 bits per heavy atom. The van der Waals surface area contributed by atoms with Crippen molar-refractivity contribution in [3.63, 3.8) is 0 Å². The second-order valence-corrected chi connectivity index (χ2v) is 5.25. The van der Waals surface area contributed by atoms with Crippen molar-refractivity contribution in [1.29, 1.82) is 0 Å². The molecule has 0 aliphatic carbocycles. The Kier molecular flexibility index (Phi) is 11.9. The quantitative estimate of drug-likeness (QED) is 0.645. The van der Waals surface area contributed by atoms with Crippen molar-refractivity contribution in [3.8, 4) is 0 Å². The van der Waals surface area contributed by atoms with Crippen LogP contribution in [0, 0.1) is 0 Å². The van der Waals surface area contributed by atoms with E-state index in [9.17, 15) is 18.0 Å². The number of hydrogen-bond acceptors (Lipinski definition) is 3. The molecule has 4 N–H and O–H groups in total. The Hall–Kier alpha value is -1.18. The summed E-state index contributed by atoms with van der Waals surface area (Å²) in [7, 11) is 0. The number of hydrogen-bond donors (Lipinski definition) is 3. The summed E-state index contributed by atoms with van der Waals surface area (Å²) in [5, 5.41) is 5.54. The standard InChI is InChI=1S/C15H22F3N3O.2ClH/c1-3-8-20-12-6-5-11(15(16,17)18)9-13(12)21-14(22)7-4-10(2)19;;/h5-6,9-10,20H,3-4,7-8,19H2,1-2H3,(H,21,22);2*1H. The van der Waals surface area contributed by atoms with Crippen LogP contribution in [0.3, 0.4) is 0 Å². The van der Waals surface area contributed by atoms with E-state index in [1.54, 1.807) is 6.92 Å². The SMILES string of the molecule is CCCNc1ccc(C(F)(F)F)cc1NC(=O)CCC(C)N.Cl.Cl. The van der Waals surface area contributed by atoms with Crippen LogP contribution >= 0.6 is 24.8 Å². The number of alkyl halides is 3. The molecule has 0 saturated heterocycles. The smallest absolute Gasteiger partial charge is 0.383 e. The van der Waals surface area contributed by atoms with Crippen LogP contribution in [0.15, 0.2) is 18.2 Å². The van der Waals surface area contributed by atoms with Crippen LogP contribution in [0.2, 0.25) is 0 Å². The molecule has 1 atom stereocenters. The summed E-state index contributed by atoms with van der Waals surface area (Å²) < 4.78 is 38.4. The van der Waals surface area contributed by atoms with Gasteiger partial charge in [0.05, 0.1) is 16.9 Å². The second-order valence-electron chi connectivity index (χ2n) is 5.25. The Balaban J connectivity index is 0. The fourth-order valence-corrected chi connectivity index (χ4v) is 1.81. The molecule has 0 aliphatic rings. The van der Waals surface area contributed by atoms with Crippen molar-refractivity contribution >= 4 is 42.1 Å². The van der Waals surface area contributed by atoms with Crippen LogP contribution in [-0.4, -0.2) is 18.5 Å². The van der Waals surface area contributed by atoms with E-state index in [0.717, 1.165) is 18.6 Å². The fourth-order valence-electron chi connectivity index (χ4n) is 1.81. The number of halogens is 5. The molecule has 24 heavy (non-hydrogen) atoms. The van der Waals surface area contributed by atoms with Crippen molar-refractivity contribution in [2.24, 2.45) is 5.73 Å². The summed E-state index contributed by atoms with van der Waals surface area (Å²) in [6.45, 7) is 4.32. The van der Waals surface area contributed by atoms with Gasteiger partial charge in [0.25, 0.3) is 0 Å². The van der Waals surface area contributed by atoms with Gasteiger partial charge >= 0.3 is 6.18 Å². The molecule has 0 aliphatic heterocycles. The number of carbonyl (C=O) groups is 1. The molecule has 0 bridgehead atoms. The summed E-state index contributed by atoms with van der Waals surface area (Å²) in [5.74, 6) is -0.351. The first-order chi connectivity index (χ1) is 10.2. The fraction of sp³-hybridized carbons (Fsp3) is 0.533. The minimum Gasteiger partial charge on any atom is -0.383 e. The Bertz CT molecular complexity index is 511. The molecular formula is C15H24Cl2F3N3O. The van der Waals surface area contributed by atoms with E-state index in [1.807, 2.05) is 6.92 Å². The van der Waals surface area contributed by atoms with Crippen LogP contribution in [0.1, 0.15) is 38.7 Å². The summed E-state index contributed by atoms with van der Waals surface area (Å²) in [6.07, 6.45) is -2.99. The average Bonchev–Trinajstić information content (AvgIpc) is 2.42. The Morgan fingerprint density at radius 3 is 2.38 bits per heavy atom. The zero-order valence-corrected chi connectivity index (χ0v) is 15.2. The van der Waals surface area contributed by atoms with Crippen LogP contribution in [-0.2, 0) is 11.0 Å². The van der Waals surface area contributed by atoms with E-state index in [4.69, 9.17) is 5.73 Å². The van der Waals surface area contributed by atoms with Crippen molar-refractivity contribution in [2.75, 3.05) is 17.2 Å². The lowest BCUT2D eigenvalue weighted by Gasteiger charge is -2.16. The molecule has 4 nitrogen and oxygen atoms in total. The summed E-state index contributed by atoms with van der Waals surface area (Å²) >= 11 is 0. The van der Waals surface area contributed by atoms with Gasteiger partial charge in [0, 0.05) is 19.0 Å². The van der Waals surface area contributed by atoms with E-state index in [-0.39, 0.29) is 48.9 Å². The van der Waals surface area contributed by atoms with Crippen molar-refractivity contribution in [2.45, 2.75) is 45.3 Å². The number of rotatable bonds is 7. The molecular weight excluding hydrogens is 366 g/mol. The Morgan fingerprint density at radius 2 is 1.88 bits per heavy atom. The first kappa shape index (κ1) is 25.1. The van der Waals surface area contributed by atoms with Crippen molar-refractivity contribution in [1.82, 2.24) is 0 Å². The zero-order chi connectivity index (χ0) is 16.8. The highest BCUT2D eigenvalue weighted by atomic mass is 35.5. The molecule has 1 unspecified atom stereocenters. The number of nitrogens with one attached hydrogen (secondary N) is 2. The molecule has 1 amide bonds. The lowest BCUT2D eigenvalue weighted by Crippen LogP contribution is -2.20. The van der Waals surface area contributed by atoms with Crippen LogP contribution in [0.5, 0.6) is 0 Å². The first-order valence-corrected chi connectivity index (χ1v) is 7.24. The van der Waals surface area contributed by atoms with Gasteiger partial charge in [-0.15, -0.1) is 24.8 Å². The van der Waals surface area contributed by atoms with E-state index in [2.05, 4.69) is 10.6 Å². The van der Waals surface area contributed by atoms with E-state index in [1.165, 1.54) is 6.07 Å². The van der Waals surface area contributed by atoms with Gasteiger partial charge in [-0.25, -0.2) is 0 Å². The summed E-state index contributed by atoms with van der Waals surface area (Å²) in [4.78, 5) is 11.8. The van der Waals surface area contributed by atoms with Gasteiger partial charge in [0.2, 0.25) is 5.91 Å². The van der Waals surface area contributed by atoms with Gasteiger partial charge in [-0.05, 0) is 38.0 Å². The third-order valence-corrected chi connectivity index (χ3v) is 3.01. The number of carbonyl (C=O) groups excluding carboxylic acids is 1. The molecule has 1 aromatic rings. The molecule has 1 rings (SSSR count). The molecule has 1 aromatic carbocycles. The number of nitrogens with two attached hydrogens (primary N) is 1. The predicted molar refractivity (Wildman–Crippen MR) is 96.2 cm³/mol. The van der Waals surface area contributed by atoms with Gasteiger partial charge in [-0.3, -0.25) is 4.79 Å². The second kappa shape index (κ2) is 11.4. The summed E-state index contributed by atoms with van der Waals surface area (Å²) in [6, 6.07) is 3.14. The maximum Gasteiger partial charge on any atom is 0.416 e. The van der Waals surface area contributed by atoms with Gasteiger partial charge in [-0.2, -0.15) is 13.2 Å². The maximum absolute atomic E-state index is 12.8. The predicted octanol–water partition coefficient (Wildman–Crippen LogP) is 4.44. The van der Waals surface area contributed by atoms with E-state index < -0.39 is 11.7 Å². The largest absolute Gasteiger partial charge is 0.416 e. The average molecular weight is 390 g/mol. The highest BCUT2D eigenvalue weighted by Gasteiger charge is 2.31. The van der Waals surface area contributed by atoms with Crippen molar-refractivity contribution in [3.05, 3.63) is 23.8 Å². The van der Waals surface area contributed by atoms with E-state index in [0.29, 0.717) is 18.7 Å². The van der Waals surface area contributed by atoms with Crippen molar-refractivity contribution < 1.29 is 18.0 Å². The molecule has 0 aromatic heterocycles. The third kappa shape index (κ3) is 8.61. The minimum atomic E-state index is -4.45. The minimum absolute atomic E-state index is 0. The van der Waals surface area contributed by atoms with Crippen LogP contribution in [0.25, 0.3) is 0 Å². The molecule has 0 fully saturated rings. The maximum atomic E-state index is 12.8. The molecule has 9 heteroatoms. The molecule has 140 valence electrons. The topological polar surface area (TPSA) is 67.1 Å². The Labute approximate surface area is 152 Å². The highest BCUT2D eigenvalue weighted by molar-refractivity contribution is 5.94. The number of anilines is 2. The van der Waals surface area contributed by atoms with Gasteiger partial charge < -0.3 is 16.4 Å². The molecule has 0 spiro atoms. The first-order valence-electron chi connectivity index (χ1n) is 7.24. The normalized spacial score (nSPS) is 11.8. The highest BCUT2D eigenvalue weighted by Crippen LogP contribution is 2.34.